The molecule has 0 amide bonds. The predicted molar refractivity (Wildman–Crippen MR) is 77.2 cm³/mol. The Labute approximate surface area is 116 Å². The summed E-state index contributed by atoms with van der Waals surface area (Å²) in [5, 5.41) is 3.95. The molecular formula is C11H17N3O4S. The maximum Gasteiger partial charge on any atom is 0.203 e. The monoisotopic (exact) mass is 287 g/mol. The third-order valence-electron chi connectivity index (χ3n) is 2.08. The van der Waals surface area contributed by atoms with E-state index in [1.807, 2.05) is 0 Å². The number of nitrogens with zero attached hydrogens (tertiary/aromatic N) is 1. The number of hydrogen-bond acceptors (Lipinski definition) is 5. The quantitative estimate of drug-likeness (QED) is 0.450. The number of methoxy groups -OCH3 is 3. The van der Waals surface area contributed by atoms with Crippen molar-refractivity contribution >= 4 is 23.5 Å². The second kappa shape index (κ2) is 8.11. The van der Waals surface area contributed by atoms with E-state index in [0.717, 1.165) is 5.56 Å². The van der Waals surface area contributed by atoms with Gasteiger partial charge in [0, 0.05) is 5.56 Å². The van der Waals surface area contributed by atoms with Gasteiger partial charge in [0.05, 0.1) is 27.5 Å². The second-order valence-corrected chi connectivity index (χ2v) is 3.63. The number of nitrogens with one attached hydrogen (secondary N) is 1. The van der Waals surface area contributed by atoms with Crippen LogP contribution in [0.5, 0.6) is 17.2 Å². The fourth-order valence-corrected chi connectivity index (χ4v) is 1.40. The molecule has 0 saturated carbocycles. The smallest absolute Gasteiger partial charge is 0.203 e. The van der Waals surface area contributed by atoms with Crippen LogP contribution in [0.1, 0.15) is 5.56 Å². The van der Waals surface area contributed by atoms with E-state index in [0.29, 0.717) is 17.2 Å². The van der Waals surface area contributed by atoms with E-state index in [9.17, 15) is 0 Å². The maximum absolute atomic E-state index is 5.25. The zero-order valence-corrected chi connectivity index (χ0v) is 11.7. The summed E-state index contributed by atoms with van der Waals surface area (Å²) in [7, 11) is 4.64. The lowest BCUT2D eigenvalue weighted by atomic mass is 10.2. The molecule has 0 atom stereocenters. The Hall–Kier alpha value is -2.06. The molecule has 0 aliphatic carbocycles. The first-order chi connectivity index (χ1) is 8.62. The Morgan fingerprint density at radius 1 is 1.21 bits per heavy atom. The lowest BCUT2D eigenvalue weighted by molar-refractivity contribution is 0.324. The van der Waals surface area contributed by atoms with E-state index >= 15 is 0 Å². The number of hydrogen-bond donors (Lipinski definition) is 2. The van der Waals surface area contributed by atoms with Gasteiger partial charge >= 0.3 is 0 Å². The van der Waals surface area contributed by atoms with Gasteiger partial charge in [-0.3, -0.25) is 5.43 Å². The van der Waals surface area contributed by atoms with Crippen LogP contribution in [-0.2, 0) is 0 Å². The van der Waals surface area contributed by atoms with Crippen LogP contribution in [0.4, 0.5) is 0 Å². The minimum atomic E-state index is 0. The average molecular weight is 287 g/mol. The summed E-state index contributed by atoms with van der Waals surface area (Å²) >= 11 is 4.63. The van der Waals surface area contributed by atoms with Crippen molar-refractivity contribution in [1.82, 2.24) is 5.43 Å². The van der Waals surface area contributed by atoms with Gasteiger partial charge in [0.25, 0.3) is 0 Å². The molecule has 0 aliphatic heterocycles. The molecule has 0 aromatic heterocycles. The summed E-state index contributed by atoms with van der Waals surface area (Å²) in [6.45, 7) is 0. The van der Waals surface area contributed by atoms with E-state index in [4.69, 9.17) is 19.9 Å². The van der Waals surface area contributed by atoms with E-state index in [1.54, 1.807) is 39.7 Å². The van der Waals surface area contributed by atoms with E-state index in [-0.39, 0.29) is 10.6 Å². The summed E-state index contributed by atoms with van der Waals surface area (Å²) in [5.41, 5.74) is 8.47. The van der Waals surface area contributed by atoms with Crippen molar-refractivity contribution in [2.75, 3.05) is 21.3 Å². The SMILES string of the molecule is COc1cc(C=NNC(N)=S)cc(OC)c1OC.O. The van der Waals surface area contributed by atoms with E-state index in [1.165, 1.54) is 0 Å². The Kier molecular flexibility index (Phi) is 7.23. The summed E-state index contributed by atoms with van der Waals surface area (Å²) in [6.07, 6.45) is 1.55. The highest BCUT2D eigenvalue weighted by Crippen LogP contribution is 2.37. The van der Waals surface area contributed by atoms with Crippen molar-refractivity contribution in [3.63, 3.8) is 0 Å². The van der Waals surface area contributed by atoms with Crippen molar-refractivity contribution in [1.29, 1.82) is 0 Å². The van der Waals surface area contributed by atoms with Crippen molar-refractivity contribution in [2.45, 2.75) is 0 Å². The van der Waals surface area contributed by atoms with Crippen LogP contribution in [0.2, 0.25) is 0 Å². The third kappa shape index (κ3) is 4.60. The Morgan fingerprint density at radius 2 is 1.74 bits per heavy atom. The molecule has 8 heteroatoms. The molecule has 0 fully saturated rings. The molecule has 7 nitrogen and oxygen atoms in total. The van der Waals surface area contributed by atoms with Crippen molar-refractivity contribution < 1.29 is 19.7 Å². The molecule has 0 spiro atoms. The first-order valence-corrected chi connectivity index (χ1v) is 5.41. The van der Waals surface area contributed by atoms with Crippen LogP contribution >= 0.6 is 12.2 Å². The van der Waals surface area contributed by atoms with Crippen molar-refractivity contribution in [3.05, 3.63) is 17.7 Å². The number of nitrogens with two attached hydrogens (primary N) is 1. The van der Waals surface area contributed by atoms with Crippen molar-refractivity contribution in [3.8, 4) is 17.2 Å². The lowest BCUT2D eigenvalue weighted by Crippen LogP contribution is -2.23. The second-order valence-electron chi connectivity index (χ2n) is 3.19. The molecule has 0 bridgehead atoms. The maximum atomic E-state index is 5.25. The zero-order valence-electron chi connectivity index (χ0n) is 10.9. The summed E-state index contributed by atoms with van der Waals surface area (Å²) in [4.78, 5) is 0. The topological polar surface area (TPSA) is 110 Å². The fraction of sp³-hybridized carbons (Fsp3) is 0.273. The van der Waals surface area contributed by atoms with Gasteiger partial charge in [0.1, 0.15) is 0 Å². The highest BCUT2D eigenvalue weighted by Gasteiger charge is 2.12. The van der Waals surface area contributed by atoms with Gasteiger partial charge in [-0.1, -0.05) is 0 Å². The van der Waals surface area contributed by atoms with Crippen LogP contribution in [0.15, 0.2) is 17.2 Å². The molecule has 0 heterocycles. The molecule has 5 N–H and O–H groups in total. The number of benzene rings is 1. The molecule has 0 unspecified atom stereocenters. The first kappa shape index (κ1) is 16.9. The van der Waals surface area contributed by atoms with E-state index < -0.39 is 0 Å². The number of hydrazone groups is 1. The van der Waals surface area contributed by atoms with Crippen LogP contribution in [0, 0.1) is 0 Å². The average Bonchev–Trinajstić information content (AvgIpc) is 2.36. The van der Waals surface area contributed by atoms with Crippen molar-refractivity contribution in [2.24, 2.45) is 10.8 Å². The molecule has 0 saturated heterocycles. The number of thiocarbonyl (C=S) groups is 1. The minimum Gasteiger partial charge on any atom is -0.493 e. The van der Waals surface area contributed by atoms with Gasteiger partial charge < -0.3 is 25.4 Å². The molecule has 1 aromatic carbocycles. The van der Waals surface area contributed by atoms with Crippen LogP contribution < -0.4 is 25.4 Å². The Morgan fingerprint density at radius 3 is 2.11 bits per heavy atom. The number of ether oxygens (including phenoxy) is 3. The summed E-state index contributed by atoms with van der Waals surface area (Å²) < 4.78 is 15.6. The van der Waals surface area contributed by atoms with Gasteiger partial charge in [0.2, 0.25) is 5.75 Å². The molecule has 1 aromatic rings. The highest BCUT2D eigenvalue weighted by atomic mass is 32.1. The summed E-state index contributed by atoms with van der Waals surface area (Å²) in [6, 6.07) is 3.51. The summed E-state index contributed by atoms with van der Waals surface area (Å²) in [5.74, 6) is 1.63. The normalized spacial score (nSPS) is 9.63. The van der Waals surface area contributed by atoms with Gasteiger partial charge in [0.15, 0.2) is 16.6 Å². The lowest BCUT2D eigenvalue weighted by Gasteiger charge is -2.12. The first-order valence-electron chi connectivity index (χ1n) is 5.01. The minimum absolute atomic E-state index is 0. The Bertz CT molecular complexity index is 440. The Balaban J connectivity index is 0.00000324. The van der Waals surface area contributed by atoms with Crippen LogP contribution in [-0.4, -0.2) is 38.1 Å². The molecular weight excluding hydrogens is 270 g/mol. The predicted octanol–water partition coefficient (Wildman–Crippen LogP) is 0.0548. The third-order valence-corrected chi connectivity index (χ3v) is 2.17. The largest absolute Gasteiger partial charge is 0.493 e. The molecule has 106 valence electrons. The van der Waals surface area contributed by atoms with E-state index in [2.05, 4.69) is 22.7 Å². The molecule has 0 radical (unpaired) electrons. The molecule has 0 aliphatic rings. The zero-order chi connectivity index (χ0) is 13.5. The number of rotatable bonds is 5. The highest BCUT2D eigenvalue weighted by molar-refractivity contribution is 7.80. The fourth-order valence-electron chi connectivity index (χ4n) is 1.35. The van der Waals surface area contributed by atoms with Crippen LogP contribution in [0.3, 0.4) is 0 Å². The van der Waals surface area contributed by atoms with Gasteiger partial charge in [-0.05, 0) is 24.4 Å². The van der Waals surface area contributed by atoms with Gasteiger partial charge in [-0.15, -0.1) is 0 Å². The van der Waals surface area contributed by atoms with Crippen LogP contribution in [0.25, 0.3) is 0 Å². The molecule has 19 heavy (non-hydrogen) atoms. The van der Waals surface area contributed by atoms with Gasteiger partial charge in [-0.25, -0.2) is 0 Å². The van der Waals surface area contributed by atoms with Gasteiger partial charge in [-0.2, -0.15) is 5.10 Å². The standard InChI is InChI=1S/C11H15N3O3S.H2O/c1-15-8-4-7(6-13-14-11(12)18)5-9(16-2)10(8)17-3;/h4-6H,1-3H3,(H3,12,14,18);1H2. The molecule has 1 rings (SSSR count).